The molecule has 0 aromatic heterocycles. The largest absolute Gasteiger partial charge is 0.497 e. The van der Waals surface area contributed by atoms with Gasteiger partial charge in [0.25, 0.3) is 0 Å². The fraction of sp³-hybridized carbons (Fsp3) is 0.0370. The van der Waals surface area contributed by atoms with Gasteiger partial charge in [-0.05, 0) is 54.2 Å². The third kappa shape index (κ3) is 4.73. The number of ether oxygens (including phenoxy) is 1. The molecule has 32 heavy (non-hydrogen) atoms. The van der Waals surface area contributed by atoms with Crippen molar-refractivity contribution in [2.24, 2.45) is 0 Å². The van der Waals surface area contributed by atoms with Crippen LogP contribution in [0.2, 0.25) is 5.02 Å². The molecule has 0 aliphatic rings. The molecule has 0 saturated heterocycles. The Bertz CT molecular complexity index is 1240. The minimum absolute atomic E-state index is 0.635. The van der Waals surface area contributed by atoms with Gasteiger partial charge in [-0.25, -0.2) is 0 Å². The van der Waals surface area contributed by atoms with Crippen LogP contribution in [-0.4, -0.2) is 7.11 Å². The van der Waals surface area contributed by atoms with E-state index in [1.807, 2.05) is 114 Å². The van der Waals surface area contributed by atoms with Crippen LogP contribution in [0.15, 0.2) is 109 Å². The van der Waals surface area contributed by atoms with E-state index in [9.17, 15) is 4.57 Å². The van der Waals surface area contributed by atoms with E-state index in [0.29, 0.717) is 15.6 Å². The lowest BCUT2D eigenvalue weighted by molar-refractivity contribution is 0.415. The predicted octanol–water partition coefficient (Wildman–Crippen LogP) is 6.42. The summed E-state index contributed by atoms with van der Waals surface area (Å²) in [6, 6.07) is 36.9. The van der Waals surface area contributed by atoms with Gasteiger partial charge in [0.15, 0.2) is 0 Å². The lowest BCUT2D eigenvalue weighted by Gasteiger charge is -2.19. The molecule has 4 rings (SSSR count). The summed E-state index contributed by atoms with van der Waals surface area (Å²) in [7, 11) is -1.57. The molecule has 0 N–H and O–H groups in total. The van der Waals surface area contributed by atoms with Crippen LogP contribution in [0, 0.1) is 11.7 Å². The van der Waals surface area contributed by atoms with Gasteiger partial charge in [0, 0.05) is 21.7 Å². The SMILES string of the molecule is COc1ccc(N(C#CP(=O)(c2ccccc2)c2ccccc2)c2ccc(Cl)cc2)cc1. The monoisotopic (exact) mass is 457 g/mol. The van der Waals surface area contributed by atoms with Gasteiger partial charge in [0.2, 0.25) is 7.14 Å². The molecule has 5 heteroatoms. The zero-order valence-corrected chi connectivity index (χ0v) is 19.1. The minimum Gasteiger partial charge on any atom is -0.497 e. The number of halogens is 1. The third-order valence-electron chi connectivity index (χ3n) is 4.97. The molecule has 4 aromatic rings. The number of anilines is 2. The summed E-state index contributed by atoms with van der Waals surface area (Å²) >= 11 is 6.10. The van der Waals surface area contributed by atoms with Crippen molar-refractivity contribution in [1.82, 2.24) is 0 Å². The molecule has 0 bridgehead atoms. The molecule has 0 heterocycles. The van der Waals surface area contributed by atoms with Gasteiger partial charge in [-0.3, -0.25) is 9.46 Å². The fourth-order valence-corrected chi connectivity index (χ4v) is 5.38. The third-order valence-corrected chi connectivity index (χ3v) is 7.69. The number of benzene rings is 4. The average molecular weight is 458 g/mol. The molecule has 0 radical (unpaired) electrons. The van der Waals surface area contributed by atoms with Gasteiger partial charge in [0.05, 0.1) is 18.5 Å². The smallest absolute Gasteiger partial charge is 0.212 e. The second kappa shape index (κ2) is 9.79. The molecule has 4 aromatic carbocycles. The molecular weight excluding hydrogens is 437 g/mol. The Morgan fingerprint density at radius 1 is 0.719 bits per heavy atom. The van der Waals surface area contributed by atoms with Crippen LogP contribution in [0.4, 0.5) is 11.4 Å². The van der Waals surface area contributed by atoms with Crippen LogP contribution in [0.3, 0.4) is 0 Å². The van der Waals surface area contributed by atoms with Crippen LogP contribution < -0.4 is 20.2 Å². The maximum absolute atomic E-state index is 14.3. The molecule has 0 amide bonds. The van der Waals surface area contributed by atoms with Crippen LogP contribution in [0.25, 0.3) is 0 Å². The second-order valence-electron chi connectivity index (χ2n) is 7.01. The molecule has 3 nitrogen and oxygen atoms in total. The first-order valence-electron chi connectivity index (χ1n) is 10.0. The van der Waals surface area contributed by atoms with Crippen LogP contribution in [-0.2, 0) is 4.57 Å². The van der Waals surface area contributed by atoms with Crippen molar-refractivity contribution in [3.8, 4) is 17.5 Å². The number of nitrogens with zero attached hydrogens (tertiary/aromatic N) is 1. The van der Waals surface area contributed by atoms with Crippen molar-refractivity contribution in [3.05, 3.63) is 114 Å². The van der Waals surface area contributed by atoms with Crippen LogP contribution >= 0.6 is 18.7 Å². The summed E-state index contributed by atoms with van der Waals surface area (Å²) in [6.45, 7) is 0. The Morgan fingerprint density at radius 3 is 1.66 bits per heavy atom. The van der Waals surface area contributed by atoms with Gasteiger partial charge in [0.1, 0.15) is 5.75 Å². The molecule has 0 saturated carbocycles. The van der Waals surface area contributed by atoms with E-state index in [4.69, 9.17) is 16.3 Å². The highest BCUT2D eigenvalue weighted by Crippen LogP contribution is 2.42. The van der Waals surface area contributed by atoms with Crippen molar-refractivity contribution in [2.45, 2.75) is 0 Å². The summed E-state index contributed by atoms with van der Waals surface area (Å²) in [5, 5.41) is 2.03. The van der Waals surface area contributed by atoms with Crippen LogP contribution in [0.5, 0.6) is 5.75 Å². The minimum atomic E-state index is -3.20. The molecule has 0 aliphatic carbocycles. The van der Waals surface area contributed by atoms with E-state index < -0.39 is 7.14 Å². The number of rotatable bonds is 5. The van der Waals surface area contributed by atoms with Gasteiger partial charge in [-0.15, -0.1) is 0 Å². The topological polar surface area (TPSA) is 29.5 Å². The Hall–Kier alpha value is -3.44. The molecule has 0 atom stereocenters. The van der Waals surface area contributed by atoms with E-state index in [-0.39, 0.29) is 0 Å². The summed E-state index contributed by atoms with van der Waals surface area (Å²) < 4.78 is 19.6. The first-order chi connectivity index (χ1) is 15.6. The van der Waals surface area contributed by atoms with Crippen LogP contribution in [0.1, 0.15) is 0 Å². The normalized spacial score (nSPS) is 10.7. The van der Waals surface area contributed by atoms with Crippen molar-refractivity contribution in [3.63, 3.8) is 0 Å². The number of methoxy groups -OCH3 is 1. The summed E-state index contributed by atoms with van der Waals surface area (Å²) in [5.41, 5.74) is 4.78. The first kappa shape index (κ1) is 21.8. The Kier molecular flexibility index (Phi) is 6.66. The van der Waals surface area contributed by atoms with E-state index in [1.54, 1.807) is 7.11 Å². The van der Waals surface area contributed by atoms with Crippen molar-refractivity contribution in [2.75, 3.05) is 12.0 Å². The quantitative estimate of drug-likeness (QED) is 0.197. The first-order valence-corrected chi connectivity index (χ1v) is 12.1. The Morgan fingerprint density at radius 2 is 1.19 bits per heavy atom. The zero-order valence-electron chi connectivity index (χ0n) is 17.5. The lowest BCUT2D eigenvalue weighted by Crippen LogP contribution is -2.16. The maximum atomic E-state index is 14.3. The highest BCUT2D eigenvalue weighted by molar-refractivity contribution is 7.83. The number of hydrogen-bond acceptors (Lipinski definition) is 3. The summed E-state index contributed by atoms with van der Waals surface area (Å²) in [6.07, 6.45) is 0. The van der Waals surface area contributed by atoms with Crippen molar-refractivity contribution in [1.29, 1.82) is 0 Å². The highest BCUT2D eigenvalue weighted by Gasteiger charge is 2.25. The van der Waals surface area contributed by atoms with E-state index in [0.717, 1.165) is 17.1 Å². The molecule has 0 unspecified atom stereocenters. The van der Waals surface area contributed by atoms with E-state index in [1.165, 1.54) is 0 Å². The van der Waals surface area contributed by atoms with Gasteiger partial charge in [-0.2, -0.15) is 0 Å². The molecule has 0 fully saturated rings. The lowest BCUT2D eigenvalue weighted by atomic mass is 10.2. The summed E-state index contributed by atoms with van der Waals surface area (Å²) in [5.74, 6) is 0.747. The average Bonchev–Trinajstić information content (AvgIpc) is 2.86. The zero-order chi connectivity index (χ0) is 22.4. The fourth-order valence-electron chi connectivity index (χ4n) is 3.27. The van der Waals surface area contributed by atoms with Crippen molar-refractivity contribution < 1.29 is 9.30 Å². The molecule has 0 spiro atoms. The number of hydrogen-bond donors (Lipinski definition) is 0. The molecule has 158 valence electrons. The van der Waals surface area contributed by atoms with E-state index in [2.05, 4.69) is 11.7 Å². The second-order valence-corrected chi connectivity index (χ2v) is 9.93. The summed E-state index contributed by atoms with van der Waals surface area (Å²) in [4.78, 5) is 1.81. The van der Waals surface area contributed by atoms with Gasteiger partial charge < -0.3 is 4.74 Å². The highest BCUT2D eigenvalue weighted by atomic mass is 35.5. The van der Waals surface area contributed by atoms with Gasteiger partial charge in [-0.1, -0.05) is 72.3 Å². The van der Waals surface area contributed by atoms with E-state index >= 15 is 0 Å². The molecular formula is C27H21ClNO2P. The predicted molar refractivity (Wildman–Crippen MR) is 134 cm³/mol. The Labute approximate surface area is 193 Å². The Balaban J connectivity index is 1.86. The maximum Gasteiger partial charge on any atom is 0.212 e. The van der Waals surface area contributed by atoms with Gasteiger partial charge >= 0.3 is 0 Å². The molecule has 0 aliphatic heterocycles. The standard InChI is InChI=1S/C27H21ClNO2P/c1-31-25-18-16-24(17-19-25)29(23-14-12-22(28)13-15-23)20-21-32(30,26-8-4-2-5-9-26)27-10-6-3-7-11-27/h2-19H,1H3. The van der Waals surface area contributed by atoms with Crippen molar-refractivity contribution >= 4 is 40.7 Å².